The van der Waals surface area contributed by atoms with Gasteiger partial charge in [0.05, 0.1) is 0 Å². The molecule has 1 nitrogen and oxygen atoms in total. The van der Waals surface area contributed by atoms with Crippen LogP contribution in [-0.2, 0) is 5.33 Å². The van der Waals surface area contributed by atoms with Crippen molar-refractivity contribution in [3.63, 3.8) is 0 Å². The maximum absolute atomic E-state index is 12.4. The molecule has 1 rings (SSSR count). The second kappa shape index (κ2) is 3.01. The van der Waals surface area contributed by atoms with Crippen molar-refractivity contribution in [3.8, 4) is 5.75 Å². The first kappa shape index (κ1) is 7.54. The van der Waals surface area contributed by atoms with Gasteiger partial charge in [-0.3, -0.25) is 0 Å². The zero-order valence-electron chi connectivity index (χ0n) is 5.14. The molecule has 0 spiro atoms. The van der Waals surface area contributed by atoms with Crippen molar-refractivity contribution in [2.45, 2.75) is 5.33 Å². The average Bonchev–Trinajstić information content (AvgIpc) is 1.85. The van der Waals surface area contributed by atoms with Gasteiger partial charge in [0.2, 0.25) is 0 Å². The fraction of sp³-hybridized carbons (Fsp3) is 0.143. The molecule has 0 unspecified atom stereocenters. The first-order chi connectivity index (χ1) is 4.72. The fourth-order valence-corrected chi connectivity index (χ4v) is 1.03. The predicted molar refractivity (Wildman–Crippen MR) is 40.7 cm³/mol. The lowest BCUT2D eigenvalue weighted by molar-refractivity contribution is 0.468. The van der Waals surface area contributed by atoms with E-state index in [1.165, 1.54) is 12.1 Å². The molecule has 0 aliphatic heterocycles. The summed E-state index contributed by atoms with van der Waals surface area (Å²) in [6.07, 6.45) is 0. The van der Waals surface area contributed by atoms with E-state index in [9.17, 15) is 4.39 Å². The van der Waals surface area contributed by atoms with Crippen LogP contribution in [-0.4, -0.2) is 5.11 Å². The Labute approximate surface area is 66.6 Å². The van der Waals surface area contributed by atoms with Gasteiger partial charge >= 0.3 is 0 Å². The molecule has 0 atom stereocenters. The number of hydrogen-bond acceptors (Lipinski definition) is 1. The molecule has 0 amide bonds. The Morgan fingerprint density at radius 1 is 1.40 bits per heavy atom. The number of aromatic hydroxyl groups is 1. The lowest BCUT2D eigenvalue weighted by atomic mass is 10.2. The van der Waals surface area contributed by atoms with E-state index in [2.05, 4.69) is 15.9 Å². The Kier molecular flexibility index (Phi) is 2.27. The van der Waals surface area contributed by atoms with Gasteiger partial charge in [-0.1, -0.05) is 15.9 Å². The van der Waals surface area contributed by atoms with Gasteiger partial charge in [0.1, 0.15) is 11.6 Å². The number of benzene rings is 1. The molecule has 0 saturated carbocycles. The molecule has 3 heteroatoms. The molecule has 10 heavy (non-hydrogen) atoms. The summed E-state index contributed by atoms with van der Waals surface area (Å²) in [6.45, 7) is 0. The normalized spacial score (nSPS) is 9.80. The van der Waals surface area contributed by atoms with Gasteiger partial charge < -0.3 is 5.11 Å². The third kappa shape index (κ3) is 1.70. The molecule has 0 heterocycles. The van der Waals surface area contributed by atoms with E-state index in [0.717, 1.165) is 11.6 Å². The number of halogens is 2. The average molecular weight is 205 g/mol. The molecule has 0 fully saturated rings. The van der Waals surface area contributed by atoms with Crippen LogP contribution in [0, 0.1) is 5.82 Å². The summed E-state index contributed by atoms with van der Waals surface area (Å²) in [7, 11) is 0. The van der Waals surface area contributed by atoms with Crippen LogP contribution in [0.3, 0.4) is 0 Å². The van der Waals surface area contributed by atoms with Gasteiger partial charge in [-0.15, -0.1) is 0 Å². The summed E-state index contributed by atoms with van der Waals surface area (Å²) in [4.78, 5) is 0. The minimum absolute atomic E-state index is 0.0329. The van der Waals surface area contributed by atoms with Crippen molar-refractivity contribution in [1.29, 1.82) is 0 Å². The molecule has 0 aliphatic rings. The summed E-state index contributed by atoms with van der Waals surface area (Å²) >= 11 is 3.15. The molecule has 0 saturated heterocycles. The Morgan fingerprint density at radius 2 is 2.10 bits per heavy atom. The van der Waals surface area contributed by atoms with E-state index in [-0.39, 0.29) is 5.75 Å². The van der Waals surface area contributed by atoms with Gasteiger partial charge in [0, 0.05) is 11.4 Å². The Morgan fingerprint density at radius 3 is 2.60 bits per heavy atom. The number of phenolic OH excluding ortho intramolecular Hbond substituents is 1. The molecule has 0 aliphatic carbocycles. The number of hydrogen-bond donors (Lipinski definition) is 1. The number of rotatable bonds is 1. The highest BCUT2D eigenvalue weighted by molar-refractivity contribution is 9.08. The summed E-state index contributed by atoms with van der Waals surface area (Å²) in [6, 6.07) is 3.96. The number of phenols is 1. The smallest absolute Gasteiger partial charge is 0.127 e. The predicted octanol–water partition coefficient (Wildman–Crippen LogP) is 2.43. The van der Waals surface area contributed by atoms with E-state index < -0.39 is 5.82 Å². The van der Waals surface area contributed by atoms with Crippen molar-refractivity contribution in [2.75, 3.05) is 0 Å². The van der Waals surface area contributed by atoms with Gasteiger partial charge in [0.25, 0.3) is 0 Å². The van der Waals surface area contributed by atoms with Crippen LogP contribution in [0.4, 0.5) is 4.39 Å². The monoisotopic (exact) mass is 204 g/mol. The second-order valence-electron chi connectivity index (χ2n) is 1.95. The molecular formula is C7H6BrFO. The van der Waals surface area contributed by atoms with Gasteiger partial charge in [-0.2, -0.15) is 0 Å². The van der Waals surface area contributed by atoms with Crippen LogP contribution in [0.1, 0.15) is 5.56 Å². The van der Waals surface area contributed by atoms with Crippen LogP contribution in [0.25, 0.3) is 0 Å². The molecule has 54 valence electrons. The van der Waals surface area contributed by atoms with Crippen molar-refractivity contribution in [2.24, 2.45) is 0 Å². The van der Waals surface area contributed by atoms with Crippen molar-refractivity contribution < 1.29 is 9.50 Å². The van der Waals surface area contributed by atoms with Crippen molar-refractivity contribution >= 4 is 15.9 Å². The summed E-state index contributed by atoms with van der Waals surface area (Å²) in [5.41, 5.74) is 0.734. The van der Waals surface area contributed by atoms with Crippen LogP contribution in [0.15, 0.2) is 18.2 Å². The second-order valence-corrected chi connectivity index (χ2v) is 2.51. The molecule has 0 aromatic heterocycles. The van der Waals surface area contributed by atoms with E-state index in [1.807, 2.05) is 0 Å². The molecule has 1 aromatic carbocycles. The zero-order chi connectivity index (χ0) is 7.56. The summed E-state index contributed by atoms with van der Waals surface area (Å²) < 4.78 is 12.4. The van der Waals surface area contributed by atoms with Crippen molar-refractivity contribution in [1.82, 2.24) is 0 Å². The van der Waals surface area contributed by atoms with Crippen LogP contribution < -0.4 is 0 Å². The highest BCUT2D eigenvalue weighted by Crippen LogP contribution is 2.16. The van der Waals surface area contributed by atoms with E-state index in [0.29, 0.717) is 5.33 Å². The minimum atomic E-state index is -0.408. The molecule has 0 radical (unpaired) electrons. The SMILES string of the molecule is Oc1cc(F)cc(CBr)c1. The largest absolute Gasteiger partial charge is 0.508 e. The quantitative estimate of drug-likeness (QED) is 0.698. The standard InChI is InChI=1S/C7H6BrFO/c8-4-5-1-6(9)3-7(10)2-5/h1-3,10H,4H2. The lowest BCUT2D eigenvalue weighted by Crippen LogP contribution is -1.79. The highest BCUT2D eigenvalue weighted by atomic mass is 79.9. The lowest BCUT2D eigenvalue weighted by Gasteiger charge is -1.96. The minimum Gasteiger partial charge on any atom is -0.508 e. The van der Waals surface area contributed by atoms with Gasteiger partial charge in [-0.05, 0) is 17.7 Å². The Bertz CT molecular complexity index is 217. The van der Waals surface area contributed by atoms with Crippen LogP contribution >= 0.6 is 15.9 Å². The van der Waals surface area contributed by atoms with Crippen LogP contribution in [0.2, 0.25) is 0 Å². The summed E-state index contributed by atoms with van der Waals surface area (Å²) in [5, 5.41) is 9.42. The highest BCUT2D eigenvalue weighted by Gasteiger charge is 1.96. The van der Waals surface area contributed by atoms with Gasteiger partial charge in [-0.25, -0.2) is 4.39 Å². The third-order valence-electron chi connectivity index (χ3n) is 1.10. The van der Waals surface area contributed by atoms with Crippen LogP contribution in [0.5, 0.6) is 5.75 Å². The molecule has 1 aromatic rings. The van der Waals surface area contributed by atoms with E-state index >= 15 is 0 Å². The van der Waals surface area contributed by atoms with E-state index in [1.54, 1.807) is 0 Å². The summed E-state index contributed by atoms with van der Waals surface area (Å²) in [5.74, 6) is -0.441. The molecular weight excluding hydrogens is 199 g/mol. The van der Waals surface area contributed by atoms with E-state index in [4.69, 9.17) is 5.11 Å². The maximum atomic E-state index is 12.4. The maximum Gasteiger partial charge on any atom is 0.127 e. The topological polar surface area (TPSA) is 20.2 Å². The van der Waals surface area contributed by atoms with Crippen molar-refractivity contribution in [3.05, 3.63) is 29.6 Å². The fourth-order valence-electron chi connectivity index (χ4n) is 0.710. The first-order valence-corrected chi connectivity index (χ1v) is 3.89. The van der Waals surface area contributed by atoms with Gasteiger partial charge in [0.15, 0.2) is 0 Å². The molecule has 1 N–H and O–H groups in total. The first-order valence-electron chi connectivity index (χ1n) is 2.77. The number of alkyl halides is 1. The Balaban J connectivity index is 3.06. The zero-order valence-corrected chi connectivity index (χ0v) is 6.73. The Hall–Kier alpha value is -0.570. The molecule has 0 bridgehead atoms. The third-order valence-corrected chi connectivity index (χ3v) is 1.74.